The number of piperidine rings is 1. The molecule has 0 unspecified atom stereocenters. The molecule has 9 nitrogen and oxygen atoms in total. The first-order valence-corrected chi connectivity index (χ1v) is 12.1. The fourth-order valence-electron chi connectivity index (χ4n) is 5.28. The molecule has 1 amide bonds. The van der Waals surface area contributed by atoms with Crippen molar-refractivity contribution in [2.45, 2.75) is 39.2 Å². The summed E-state index contributed by atoms with van der Waals surface area (Å²) < 4.78 is 3.96. The molecule has 0 atom stereocenters. The lowest BCUT2D eigenvalue weighted by atomic mass is 9.94. The van der Waals surface area contributed by atoms with Crippen molar-refractivity contribution in [1.82, 2.24) is 29.5 Å². The van der Waals surface area contributed by atoms with Gasteiger partial charge in [0.2, 0.25) is 0 Å². The summed E-state index contributed by atoms with van der Waals surface area (Å²) in [5, 5.41) is 11.9. The van der Waals surface area contributed by atoms with Crippen LogP contribution in [0.3, 0.4) is 0 Å². The Hall–Kier alpha value is -3.98. The first-order valence-electron chi connectivity index (χ1n) is 12.1. The van der Waals surface area contributed by atoms with Gasteiger partial charge in [-0.15, -0.1) is 0 Å². The van der Waals surface area contributed by atoms with E-state index in [1.807, 2.05) is 47.8 Å². The maximum absolute atomic E-state index is 13.3. The number of H-pyrrole nitrogens is 1. The number of nitrogens with one attached hydrogen (secondary N) is 3. The number of carbonyl (C=O) groups is 1. The third kappa shape index (κ3) is 3.59. The van der Waals surface area contributed by atoms with Gasteiger partial charge in [-0.25, -0.2) is 9.50 Å². The topological polar surface area (TPSA) is 109 Å². The van der Waals surface area contributed by atoms with Crippen LogP contribution < -0.4 is 16.2 Å². The predicted molar refractivity (Wildman–Crippen MR) is 136 cm³/mol. The first-order chi connectivity index (χ1) is 17.0. The molecule has 1 aliphatic rings. The molecule has 35 heavy (non-hydrogen) atoms. The maximum Gasteiger partial charge on any atom is 0.255 e. The van der Waals surface area contributed by atoms with Crippen molar-refractivity contribution in [3.05, 3.63) is 69.9 Å². The molecule has 4 heterocycles. The van der Waals surface area contributed by atoms with Crippen molar-refractivity contribution in [3.63, 3.8) is 0 Å². The highest BCUT2D eigenvalue weighted by atomic mass is 16.1. The Balaban J connectivity index is 1.42. The fraction of sp³-hybridized carbons (Fsp3) is 0.308. The predicted octanol–water partition coefficient (Wildman–Crippen LogP) is 3.57. The summed E-state index contributed by atoms with van der Waals surface area (Å²) in [4.78, 5) is 33.4. The molecule has 0 bridgehead atoms. The zero-order chi connectivity index (χ0) is 24.1. The Bertz CT molecular complexity index is 1650. The highest BCUT2D eigenvalue weighted by molar-refractivity contribution is 6.12. The third-order valence-corrected chi connectivity index (χ3v) is 6.99. The van der Waals surface area contributed by atoms with Gasteiger partial charge in [0, 0.05) is 24.1 Å². The van der Waals surface area contributed by atoms with Crippen LogP contribution in [0.1, 0.15) is 47.6 Å². The van der Waals surface area contributed by atoms with Crippen molar-refractivity contribution >= 4 is 39.2 Å². The van der Waals surface area contributed by atoms with Crippen molar-refractivity contribution in [2.75, 3.05) is 18.4 Å². The van der Waals surface area contributed by atoms with Crippen LogP contribution in [-0.2, 0) is 6.54 Å². The van der Waals surface area contributed by atoms with Crippen LogP contribution in [-0.4, -0.2) is 43.1 Å². The second-order valence-electron chi connectivity index (χ2n) is 9.10. The number of fused-ring (bicyclic) bond motifs is 4. The van der Waals surface area contributed by atoms with E-state index in [0.29, 0.717) is 22.4 Å². The van der Waals surface area contributed by atoms with Gasteiger partial charge in [0.25, 0.3) is 11.5 Å². The number of aromatic amines is 1. The zero-order valence-corrected chi connectivity index (χ0v) is 19.8. The molecule has 0 saturated carbocycles. The largest absolute Gasteiger partial charge is 0.329 e. The summed E-state index contributed by atoms with van der Waals surface area (Å²) >= 11 is 0. The Morgan fingerprint density at radius 3 is 2.77 bits per heavy atom. The highest BCUT2D eigenvalue weighted by Gasteiger charge is 2.22. The monoisotopic (exact) mass is 469 g/mol. The van der Waals surface area contributed by atoms with E-state index < -0.39 is 0 Å². The van der Waals surface area contributed by atoms with Gasteiger partial charge in [-0.3, -0.25) is 9.59 Å². The van der Waals surface area contributed by atoms with Crippen LogP contribution in [0.4, 0.5) is 5.69 Å². The van der Waals surface area contributed by atoms with Crippen molar-refractivity contribution < 1.29 is 4.79 Å². The van der Waals surface area contributed by atoms with E-state index in [0.717, 1.165) is 60.4 Å². The third-order valence-electron chi connectivity index (χ3n) is 6.99. The number of hydrogen-bond donors (Lipinski definition) is 3. The summed E-state index contributed by atoms with van der Waals surface area (Å²) in [6.07, 6.45) is 1.90. The Labute approximate surface area is 201 Å². The average Bonchev–Trinajstić information content (AvgIpc) is 3.40. The highest BCUT2D eigenvalue weighted by Crippen LogP contribution is 2.31. The molecule has 0 aliphatic carbocycles. The van der Waals surface area contributed by atoms with E-state index >= 15 is 0 Å². The molecule has 1 saturated heterocycles. The second kappa shape index (κ2) is 8.35. The van der Waals surface area contributed by atoms with Gasteiger partial charge in [-0.1, -0.05) is 6.07 Å². The Morgan fingerprint density at radius 1 is 1.14 bits per heavy atom. The summed E-state index contributed by atoms with van der Waals surface area (Å²) in [6, 6.07) is 12.8. The van der Waals surface area contributed by atoms with E-state index in [4.69, 9.17) is 5.10 Å². The molecular formula is C26H27N7O2. The lowest BCUT2D eigenvalue weighted by molar-refractivity contribution is 0.102. The molecular weight excluding hydrogens is 442 g/mol. The van der Waals surface area contributed by atoms with Gasteiger partial charge in [0.05, 0.1) is 33.3 Å². The molecule has 1 fully saturated rings. The molecule has 3 N–H and O–H groups in total. The number of nitrogens with zero attached hydrogens (tertiary/aromatic N) is 4. The zero-order valence-electron chi connectivity index (χ0n) is 19.8. The Kier molecular flexibility index (Phi) is 5.14. The van der Waals surface area contributed by atoms with E-state index in [2.05, 4.69) is 32.1 Å². The maximum atomic E-state index is 13.3. The minimum Gasteiger partial charge on any atom is -0.329 e. The van der Waals surface area contributed by atoms with E-state index in [1.165, 1.54) is 0 Å². The second-order valence-corrected chi connectivity index (χ2v) is 9.10. The summed E-state index contributed by atoms with van der Waals surface area (Å²) in [6.45, 7) is 6.70. The summed E-state index contributed by atoms with van der Waals surface area (Å²) in [5.41, 5.74) is 4.99. The SMILES string of the molecule is CCn1c(C)nc2cc(C(=O)Nc3cccc4nn5c(C6CCNCC6)cc(=O)[nH]c5c34)ccc21. The Morgan fingerprint density at radius 2 is 1.97 bits per heavy atom. The van der Waals surface area contributed by atoms with Crippen molar-refractivity contribution in [2.24, 2.45) is 0 Å². The molecule has 2 aromatic carbocycles. The lowest BCUT2D eigenvalue weighted by Crippen LogP contribution is -2.28. The summed E-state index contributed by atoms with van der Waals surface area (Å²) in [7, 11) is 0. The molecule has 0 radical (unpaired) electrons. The normalized spacial score (nSPS) is 14.8. The van der Waals surface area contributed by atoms with Crippen LogP contribution in [0, 0.1) is 6.92 Å². The number of benzene rings is 2. The van der Waals surface area contributed by atoms with Crippen LogP contribution in [0.5, 0.6) is 0 Å². The summed E-state index contributed by atoms with van der Waals surface area (Å²) in [5.74, 6) is 0.940. The van der Waals surface area contributed by atoms with E-state index in [1.54, 1.807) is 6.07 Å². The van der Waals surface area contributed by atoms with E-state index in [-0.39, 0.29) is 17.4 Å². The number of imidazole rings is 1. The van der Waals surface area contributed by atoms with Gasteiger partial charge in [-0.2, -0.15) is 5.10 Å². The first kappa shape index (κ1) is 21.5. The molecule has 5 aromatic rings. The molecule has 0 spiro atoms. The number of carbonyl (C=O) groups excluding carboxylic acids is 1. The van der Waals surface area contributed by atoms with Gasteiger partial charge < -0.3 is 20.2 Å². The van der Waals surface area contributed by atoms with Gasteiger partial charge >= 0.3 is 0 Å². The number of aromatic nitrogens is 5. The lowest BCUT2D eigenvalue weighted by Gasteiger charge is -2.23. The molecule has 178 valence electrons. The number of rotatable bonds is 4. The molecule has 9 heteroatoms. The van der Waals surface area contributed by atoms with E-state index in [9.17, 15) is 9.59 Å². The van der Waals surface area contributed by atoms with Gasteiger partial charge in [-0.05, 0) is 70.1 Å². The molecule has 6 rings (SSSR count). The smallest absolute Gasteiger partial charge is 0.255 e. The minimum atomic E-state index is -0.237. The molecule has 1 aliphatic heterocycles. The van der Waals surface area contributed by atoms with Gasteiger partial charge in [0.1, 0.15) is 11.5 Å². The van der Waals surface area contributed by atoms with Crippen LogP contribution in [0.15, 0.2) is 47.3 Å². The number of hydrogen-bond acceptors (Lipinski definition) is 5. The van der Waals surface area contributed by atoms with Gasteiger partial charge in [0.15, 0.2) is 0 Å². The minimum absolute atomic E-state index is 0.165. The number of anilines is 1. The fourth-order valence-corrected chi connectivity index (χ4v) is 5.28. The number of amides is 1. The van der Waals surface area contributed by atoms with Crippen LogP contribution >= 0.6 is 0 Å². The number of aryl methyl sites for hydroxylation is 2. The van der Waals surface area contributed by atoms with Crippen molar-refractivity contribution in [3.8, 4) is 0 Å². The average molecular weight is 470 g/mol. The standard InChI is InChI=1S/C26H27N7O2/c1-3-32-15(2)28-20-13-17(7-8-21(20)32)26(35)29-18-5-4-6-19-24(18)25-30-23(34)14-22(33(25)31-19)16-9-11-27-12-10-16/h4-8,13-14,16,27H,3,9-12H2,1-2H3,(H,29,35)(H,30,34). The van der Waals surface area contributed by atoms with Crippen molar-refractivity contribution in [1.29, 1.82) is 0 Å². The van der Waals surface area contributed by atoms with Crippen LogP contribution in [0.2, 0.25) is 0 Å². The van der Waals surface area contributed by atoms with Crippen LogP contribution in [0.25, 0.3) is 27.6 Å². The quantitative estimate of drug-likeness (QED) is 0.373. The molecule has 3 aromatic heterocycles.